The van der Waals surface area contributed by atoms with E-state index in [4.69, 9.17) is 9.84 Å². The lowest BCUT2D eigenvalue weighted by Crippen LogP contribution is -2.47. The number of carbonyl (C=O) groups is 1. The molecule has 2 rings (SSSR count). The van der Waals surface area contributed by atoms with Crippen LogP contribution >= 0.6 is 0 Å². The quantitative estimate of drug-likeness (QED) is 0.785. The maximum Gasteiger partial charge on any atom is 0.317 e. The first-order valence-corrected chi connectivity index (χ1v) is 7.91. The Kier molecular flexibility index (Phi) is 6.83. The molecule has 0 radical (unpaired) electrons. The van der Waals surface area contributed by atoms with E-state index in [1.54, 1.807) is 4.90 Å². The van der Waals surface area contributed by atoms with Gasteiger partial charge in [0.25, 0.3) is 0 Å². The number of morpholine rings is 1. The smallest absolute Gasteiger partial charge is 0.317 e. The van der Waals surface area contributed by atoms with E-state index in [0.29, 0.717) is 6.54 Å². The van der Waals surface area contributed by atoms with Crippen molar-refractivity contribution in [2.75, 3.05) is 46.4 Å². The van der Waals surface area contributed by atoms with E-state index < -0.39 is 5.97 Å². The summed E-state index contributed by atoms with van der Waals surface area (Å²) >= 11 is 0. The van der Waals surface area contributed by atoms with E-state index in [1.165, 1.54) is 5.56 Å². The largest absolute Gasteiger partial charge is 0.480 e. The van der Waals surface area contributed by atoms with Crippen LogP contribution in [0.15, 0.2) is 30.3 Å². The molecule has 5 nitrogen and oxygen atoms in total. The van der Waals surface area contributed by atoms with Crippen molar-refractivity contribution in [3.63, 3.8) is 0 Å². The summed E-state index contributed by atoms with van der Waals surface area (Å²) in [7, 11) is 1.83. The summed E-state index contributed by atoms with van der Waals surface area (Å²) in [6, 6.07) is 10.5. The van der Waals surface area contributed by atoms with Crippen LogP contribution in [0.4, 0.5) is 0 Å². The maximum atomic E-state index is 10.7. The third kappa shape index (κ3) is 6.13. The van der Waals surface area contributed by atoms with Gasteiger partial charge in [0.15, 0.2) is 0 Å². The zero-order chi connectivity index (χ0) is 15.8. The fourth-order valence-corrected chi connectivity index (χ4v) is 2.89. The summed E-state index contributed by atoms with van der Waals surface area (Å²) in [5.74, 6) is -0.793. The van der Waals surface area contributed by atoms with Crippen molar-refractivity contribution in [3.05, 3.63) is 35.9 Å². The molecule has 0 amide bonds. The standard InChI is InChI=1S/C17H26N2O3/c1-18(14-17(20)21)12-16-13-19(10-11-22-16)9-5-8-15-6-3-2-4-7-15/h2-4,6-7,16H,5,8-14H2,1H3,(H,20,21). The number of carboxylic acids is 1. The van der Waals surface area contributed by atoms with Gasteiger partial charge in [-0.25, -0.2) is 0 Å². The van der Waals surface area contributed by atoms with Crippen LogP contribution in [0, 0.1) is 0 Å². The van der Waals surface area contributed by atoms with Crippen molar-refractivity contribution in [1.29, 1.82) is 0 Å². The number of carboxylic acid groups (broad SMARTS) is 1. The highest BCUT2D eigenvalue weighted by atomic mass is 16.5. The van der Waals surface area contributed by atoms with Crippen molar-refractivity contribution in [3.8, 4) is 0 Å². The highest BCUT2D eigenvalue weighted by molar-refractivity contribution is 5.69. The van der Waals surface area contributed by atoms with Crippen molar-refractivity contribution in [1.82, 2.24) is 9.80 Å². The van der Waals surface area contributed by atoms with Crippen LogP contribution in [0.2, 0.25) is 0 Å². The van der Waals surface area contributed by atoms with Gasteiger partial charge in [-0.05, 0) is 32.0 Å². The molecular weight excluding hydrogens is 280 g/mol. The minimum atomic E-state index is -0.793. The lowest BCUT2D eigenvalue weighted by atomic mass is 10.1. The van der Waals surface area contributed by atoms with Crippen LogP contribution in [0.25, 0.3) is 0 Å². The number of likely N-dealkylation sites (N-methyl/N-ethyl adjacent to an activating group) is 1. The summed E-state index contributed by atoms with van der Waals surface area (Å²) in [6.07, 6.45) is 2.35. The number of hydrogen-bond donors (Lipinski definition) is 1. The maximum absolute atomic E-state index is 10.7. The molecule has 1 saturated heterocycles. The molecule has 1 aromatic rings. The molecule has 1 unspecified atom stereocenters. The van der Waals surface area contributed by atoms with Gasteiger partial charge >= 0.3 is 5.97 Å². The Labute approximate surface area is 132 Å². The topological polar surface area (TPSA) is 53.0 Å². The number of hydrogen-bond acceptors (Lipinski definition) is 4. The Morgan fingerprint density at radius 1 is 1.41 bits per heavy atom. The SMILES string of the molecule is CN(CC(=O)O)CC1CN(CCCc2ccccc2)CCO1. The summed E-state index contributed by atoms with van der Waals surface area (Å²) < 4.78 is 5.75. The van der Waals surface area contributed by atoms with Crippen LogP contribution in [0.3, 0.4) is 0 Å². The van der Waals surface area contributed by atoms with Crippen molar-refractivity contribution < 1.29 is 14.6 Å². The molecule has 0 aliphatic carbocycles. The first kappa shape index (κ1) is 16.9. The van der Waals surface area contributed by atoms with Crippen LogP contribution < -0.4 is 0 Å². The van der Waals surface area contributed by atoms with Gasteiger partial charge in [0.2, 0.25) is 0 Å². The average molecular weight is 306 g/mol. The zero-order valence-corrected chi connectivity index (χ0v) is 13.3. The Balaban J connectivity index is 1.68. The number of nitrogens with zero attached hydrogens (tertiary/aromatic N) is 2. The molecule has 1 heterocycles. The molecule has 1 aromatic carbocycles. The van der Waals surface area contributed by atoms with E-state index in [0.717, 1.165) is 39.1 Å². The van der Waals surface area contributed by atoms with E-state index in [-0.39, 0.29) is 12.6 Å². The molecule has 0 bridgehead atoms. The molecule has 122 valence electrons. The molecule has 1 aliphatic rings. The Morgan fingerprint density at radius 2 is 2.18 bits per heavy atom. The molecule has 0 spiro atoms. The number of benzene rings is 1. The van der Waals surface area contributed by atoms with Gasteiger partial charge in [-0.3, -0.25) is 14.6 Å². The normalized spacial score (nSPS) is 19.5. The second-order valence-corrected chi connectivity index (χ2v) is 5.97. The average Bonchev–Trinajstić information content (AvgIpc) is 2.48. The fourth-order valence-electron chi connectivity index (χ4n) is 2.89. The van der Waals surface area contributed by atoms with Crippen LogP contribution in [-0.4, -0.2) is 73.4 Å². The summed E-state index contributed by atoms with van der Waals surface area (Å²) in [5, 5.41) is 8.80. The summed E-state index contributed by atoms with van der Waals surface area (Å²) in [6.45, 7) is 4.39. The summed E-state index contributed by atoms with van der Waals surface area (Å²) in [5.41, 5.74) is 1.38. The molecule has 5 heteroatoms. The molecule has 0 aromatic heterocycles. The van der Waals surface area contributed by atoms with Gasteiger partial charge in [-0.2, -0.15) is 0 Å². The predicted molar refractivity (Wildman–Crippen MR) is 86.1 cm³/mol. The molecule has 1 aliphatic heterocycles. The predicted octanol–water partition coefficient (Wildman–Crippen LogP) is 1.34. The van der Waals surface area contributed by atoms with Gasteiger partial charge in [0.05, 0.1) is 19.3 Å². The number of rotatable bonds is 8. The van der Waals surface area contributed by atoms with Gasteiger partial charge < -0.3 is 9.84 Å². The Morgan fingerprint density at radius 3 is 2.91 bits per heavy atom. The van der Waals surface area contributed by atoms with E-state index in [9.17, 15) is 4.79 Å². The van der Waals surface area contributed by atoms with Crippen molar-refractivity contribution in [2.24, 2.45) is 0 Å². The lowest BCUT2D eigenvalue weighted by Gasteiger charge is -2.34. The Bertz CT molecular complexity index is 452. The second-order valence-electron chi connectivity index (χ2n) is 5.97. The molecule has 22 heavy (non-hydrogen) atoms. The molecular formula is C17H26N2O3. The van der Waals surface area contributed by atoms with E-state index in [2.05, 4.69) is 29.2 Å². The minimum absolute atomic E-state index is 0.0634. The van der Waals surface area contributed by atoms with Crippen LogP contribution in [0.1, 0.15) is 12.0 Å². The summed E-state index contributed by atoms with van der Waals surface area (Å²) in [4.78, 5) is 14.9. The van der Waals surface area contributed by atoms with Gasteiger partial charge in [-0.1, -0.05) is 30.3 Å². The lowest BCUT2D eigenvalue weighted by molar-refractivity contribution is -0.138. The molecule has 1 fully saturated rings. The molecule has 1 atom stereocenters. The third-order valence-corrected chi connectivity index (χ3v) is 3.93. The van der Waals surface area contributed by atoms with E-state index in [1.807, 2.05) is 13.1 Å². The third-order valence-electron chi connectivity index (χ3n) is 3.93. The fraction of sp³-hybridized carbons (Fsp3) is 0.588. The minimum Gasteiger partial charge on any atom is -0.480 e. The van der Waals surface area contributed by atoms with Gasteiger partial charge in [-0.15, -0.1) is 0 Å². The monoisotopic (exact) mass is 306 g/mol. The first-order valence-electron chi connectivity index (χ1n) is 7.91. The number of aliphatic carboxylic acids is 1. The molecule has 1 N–H and O–H groups in total. The second kappa shape index (κ2) is 8.88. The number of ether oxygens (including phenoxy) is 1. The number of aryl methyl sites for hydroxylation is 1. The van der Waals surface area contributed by atoms with Gasteiger partial charge in [0, 0.05) is 19.6 Å². The highest BCUT2D eigenvalue weighted by Gasteiger charge is 2.21. The first-order chi connectivity index (χ1) is 10.6. The molecule has 0 saturated carbocycles. The van der Waals surface area contributed by atoms with Crippen molar-refractivity contribution in [2.45, 2.75) is 18.9 Å². The Hall–Kier alpha value is -1.43. The van der Waals surface area contributed by atoms with Crippen molar-refractivity contribution >= 4 is 5.97 Å². The zero-order valence-electron chi connectivity index (χ0n) is 13.3. The van der Waals surface area contributed by atoms with E-state index >= 15 is 0 Å². The van der Waals surface area contributed by atoms with Crippen LogP contribution in [0.5, 0.6) is 0 Å². The van der Waals surface area contributed by atoms with Crippen LogP contribution in [-0.2, 0) is 16.0 Å². The highest BCUT2D eigenvalue weighted by Crippen LogP contribution is 2.09. The van der Waals surface area contributed by atoms with Gasteiger partial charge in [0.1, 0.15) is 0 Å².